The Morgan fingerprint density at radius 2 is 1.69 bits per heavy atom. The van der Waals surface area contributed by atoms with Crippen molar-refractivity contribution in [3.8, 4) is 5.75 Å². The van der Waals surface area contributed by atoms with E-state index < -0.39 is 17.9 Å². The zero-order chi connectivity index (χ0) is 25.7. The van der Waals surface area contributed by atoms with E-state index in [1.54, 1.807) is 6.07 Å². The Morgan fingerprint density at radius 1 is 0.917 bits per heavy atom. The van der Waals surface area contributed by atoms with Crippen molar-refractivity contribution < 1.29 is 26.7 Å². The van der Waals surface area contributed by atoms with Gasteiger partial charge < -0.3 is 4.74 Å². The molecule has 0 aliphatic heterocycles. The van der Waals surface area contributed by atoms with Crippen LogP contribution in [-0.2, 0) is 12.8 Å². The first-order chi connectivity index (χ1) is 17.2. The van der Waals surface area contributed by atoms with Crippen LogP contribution in [0, 0.1) is 17.6 Å². The zero-order valence-corrected chi connectivity index (χ0v) is 20.4. The first-order valence-corrected chi connectivity index (χ1v) is 12.6. The maximum Gasteiger partial charge on any atom is 0.573 e. The topological polar surface area (TPSA) is 9.23 Å². The summed E-state index contributed by atoms with van der Waals surface area (Å²) in [6, 6.07) is 13.0. The van der Waals surface area contributed by atoms with Gasteiger partial charge in [-0.3, -0.25) is 0 Å². The molecule has 1 aliphatic carbocycles. The Hall–Kier alpha value is -2.89. The lowest BCUT2D eigenvalue weighted by Gasteiger charge is -2.29. The smallest absolute Gasteiger partial charge is 0.403 e. The number of fused-ring (bicyclic) bond motifs is 1. The highest BCUT2D eigenvalue weighted by Crippen LogP contribution is 2.39. The molecule has 192 valence electrons. The molecule has 36 heavy (non-hydrogen) atoms. The number of allylic oxidation sites excluding steroid dienone is 2. The van der Waals surface area contributed by atoms with Crippen molar-refractivity contribution in [1.82, 2.24) is 0 Å². The van der Waals surface area contributed by atoms with Gasteiger partial charge in [-0.15, -0.1) is 13.2 Å². The molecule has 0 saturated heterocycles. The van der Waals surface area contributed by atoms with E-state index in [1.165, 1.54) is 30.9 Å². The van der Waals surface area contributed by atoms with E-state index in [2.05, 4.69) is 29.9 Å². The van der Waals surface area contributed by atoms with Crippen LogP contribution in [-0.4, -0.2) is 6.36 Å². The van der Waals surface area contributed by atoms with Gasteiger partial charge in [-0.1, -0.05) is 48.6 Å². The first kappa shape index (κ1) is 26.2. The van der Waals surface area contributed by atoms with E-state index in [4.69, 9.17) is 0 Å². The number of ether oxygens (including phenoxy) is 1. The zero-order valence-electron chi connectivity index (χ0n) is 20.4. The molecule has 1 nitrogen and oxygen atoms in total. The summed E-state index contributed by atoms with van der Waals surface area (Å²) in [5.41, 5.74) is 2.23. The maximum absolute atomic E-state index is 15.2. The average Bonchev–Trinajstić information content (AvgIpc) is 2.85. The maximum atomic E-state index is 15.2. The largest absolute Gasteiger partial charge is 0.573 e. The molecule has 0 amide bonds. The SMILES string of the molecule is C/C=C/CCC1CCC(c2ccc3c(F)c(CCc4ccc(OC(F)(F)F)c(F)c4)ccc3c2)CC1. The number of rotatable bonds is 8. The number of benzene rings is 3. The number of aryl methyl sites for hydroxylation is 2. The molecule has 0 unspecified atom stereocenters. The Balaban J connectivity index is 1.40. The molecule has 0 spiro atoms. The molecular formula is C30H31F5O. The highest BCUT2D eigenvalue weighted by atomic mass is 19.4. The molecular weight excluding hydrogens is 471 g/mol. The lowest BCUT2D eigenvalue weighted by atomic mass is 9.77. The predicted molar refractivity (Wildman–Crippen MR) is 133 cm³/mol. The van der Waals surface area contributed by atoms with Crippen LogP contribution in [0.3, 0.4) is 0 Å². The predicted octanol–water partition coefficient (Wildman–Crippen LogP) is 9.43. The van der Waals surface area contributed by atoms with Gasteiger partial charge in [0.1, 0.15) is 5.82 Å². The van der Waals surface area contributed by atoms with Crippen molar-refractivity contribution in [3.63, 3.8) is 0 Å². The molecule has 1 fully saturated rings. The van der Waals surface area contributed by atoms with Crippen molar-refractivity contribution in [1.29, 1.82) is 0 Å². The fourth-order valence-corrected chi connectivity index (χ4v) is 5.27. The van der Waals surface area contributed by atoms with Crippen molar-refractivity contribution in [2.45, 2.75) is 70.6 Å². The van der Waals surface area contributed by atoms with Crippen molar-refractivity contribution >= 4 is 10.8 Å². The van der Waals surface area contributed by atoms with E-state index in [0.29, 0.717) is 35.3 Å². The van der Waals surface area contributed by atoms with Crippen molar-refractivity contribution in [2.75, 3.05) is 0 Å². The van der Waals surface area contributed by atoms with Crippen molar-refractivity contribution in [2.24, 2.45) is 5.92 Å². The summed E-state index contributed by atoms with van der Waals surface area (Å²) in [6.45, 7) is 2.06. The minimum atomic E-state index is -4.96. The molecule has 0 bridgehead atoms. The first-order valence-electron chi connectivity index (χ1n) is 12.6. The van der Waals surface area contributed by atoms with Gasteiger partial charge in [0.25, 0.3) is 0 Å². The van der Waals surface area contributed by atoms with Crippen molar-refractivity contribution in [3.05, 3.63) is 89.0 Å². The average molecular weight is 503 g/mol. The fourth-order valence-electron chi connectivity index (χ4n) is 5.27. The Kier molecular flexibility index (Phi) is 8.32. The molecule has 0 radical (unpaired) electrons. The molecule has 1 aliphatic rings. The molecule has 0 atom stereocenters. The van der Waals surface area contributed by atoms with Crippen LogP contribution >= 0.6 is 0 Å². The van der Waals surface area contributed by atoms with Gasteiger partial charge in [0.05, 0.1) is 0 Å². The molecule has 3 aromatic rings. The summed E-state index contributed by atoms with van der Waals surface area (Å²) in [5.74, 6) is -0.970. The van der Waals surface area contributed by atoms with Crippen LogP contribution in [0.15, 0.2) is 60.7 Å². The summed E-state index contributed by atoms with van der Waals surface area (Å²) in [5, 5.41) is 1.42. The van der Waals surface area contributed by atoms with Gasteiger partial charge in [-0.25, -0.2) is 8.78 Å². The Labute approximate surface area is 209 Å². The minimum absolute atomic E-state index is 0.293. The third kappa shape index (κ3) is 6.65. The van der Waals surface area contributed by atoms with E-state index >= 15 is 4.39 Å². The second-order valence-corrected chi connectivity index (χ2v) is 9.70. The molecule has 0 N–H and O–H groups in total. The lowest BCUT2D eigenvalue weighted by molar-refractivity contribution is -0.275. The lowest BCUT2D eigenvalue weighted by Crippen LogP contribution is -2.18. The molecule has 1 saturated carbocycles. The fraction of sp³-hybridized carbons (Fsp3) is 0.400. The van der Waals surface area contributed by atoms with Gasteiger partial charge in [-0.2, -0.15) is 0 Å². The standard InChI is InChI=1S/C30H31F5O/c1-2-3-4-5-20-6-10-22(11-7-20)24-15-16-26-25(19-24)14-13-23(29(26)32)12-8-21-9-17-28(27(31)18-21)36-30(33,34)35/h2-3,9,13-20,22H,4-8,10-12H2,1H3/b3-2+. The van der Waals surface area contributed by atoms with E-state index in [-0.39, 0.29) is 5.82 Å². The van der Waals surface area contributed by atoms with Gasteiger partial charge in [0, 0.05) is 5.39 Å². The second-order valence-electron chi connectivity index (χ2n) is 9.70. The monoisotopic (exact) mass is 502 g/mol. The highest BCUT2D eigenvalue weighted by Gasteiger charge is 2.32. The third-order valence-corrected chi connectivity index (χ3v) is 7.26. The van der Waals surface area contributed by atoms with Gasteiger partial charge in [-0.05, 0) is 104 Å². The summed E-state index contributed by atoms with van der Waals surface area (Å²) in [6.07, 6.45) is 7.18. The molecule has 3 aromatic carbocycles. The summed E-state index contributed by atoms with van der Waals surface area (Å²) < 4.78 is 69.9. The number of hydrogen-bond acceptors (Lipinski definition) is 1. The summed E-state index contributed by atoms with van der Waals surface area (Å²) in [4.78, 5) is 0. The van der Waals surface area contributed by atoms with Gasteiger partial charge in [0.2, 0.25) is 0 Å². The Bertz CT molecular complexity index is 1210. The third-order valence-electron chi connectivity index (χ3n) is 7.26. The number of halogens is 5. The molecule has 6 heteroatoms. The molecule has 4 rings (SSSR count). The van der Waals surface area contributed by atoms with Crippen LogP contribution in [0.4, 0.5) is 22.0 Å². The van der Waals surface area contributed by atoms with Crippen LogP contribution in [0.1, 0.15) is 68.1 Å². The molecule has 0 aromatic heterocycles. The van der Waals surface area contributed by atoms with E-state index in [0.717, 1.165) is 42.7 Å². The van der Waals surface area contributed by atoms with Crippen LogP contribution in [0.2, 0.25) is 0 Å². The summed E-state index contributed by atoms with van der Waals surface area (Å²) >= 11 is 0. The second kappa shape index (κ2) is 11.4. The Morgan fingerprint density at radius 3 is 2.39 bits per heavy atom. The number of alkyl halides is 3. The van der Waals surface area contributed by atoms with E-state index in [9.17, 15) is 17.6 Å². The number of hydrogen-bond donors (Lipinski definition) is 0. The molecule has 0 heterocycles. The normalized spacial score (nSPS) is 18.7. The van der Waals surface area contributed by atoms with Crippen LogP contribution in [0.5, 0.6) is 5.75 Å². The van der Waals surface area contributed by atoms with Gasteiger partial charge in [0.15, 0.2) is 11.6 Å². The highest BCUT2D eigenvalue weighted by molar-refractivity contribution is 5.84. The van der Waals surface area contributed by atoms with Gasteiger partial charge >= 0.3 is 6.36 Å². The van der Waals surface area contributed by atoms with E-state index in [1.807, 2.05) is 18.2 Å². The quantitative estimate of drug-likeness (QED) is 0.220. The minimum Gasteiger partial charge on any atom is -0.403 e. The summed E-state index contributed by atoms with van der Waals surface area (Å²) in [7, 11) is 0. The van der Waals surface area contributed by atoms with Crippen LogP contribution in [0.25, 0.3) is 10.8 Å². The van der Waals surface area contributed by atoms with Crippen LogP contribution < -0.4 is 4.74 Å².